The molecule has 0 radical (unpaired) electrons. The van der Waals surface area contributed by atoms with Gasteiger partial charge in [0.15, 0.2) is 5.25 Å². The van der Waals surface area contributed by atoms with Crippen LogP contribution in [0.4, 0.5) is 0 Å². The van der Waals surface area contributed by atoms with Gasteiger partial charge < -0.3 is 0 Å². The monoisotopic (exact) mass is 298 g/mol. The highest BCUT2D eigenvalue weighted by molar-refractivity contribution is 7.90. The molecular weight excluding hydrogens is 288 g/mol. The number of halogens is 1. The normalized spacial score (nSPS) is 21.1. The van der Waals surface area contributed by atoms with E-state index >= 15 is 0 Å². The van der Waals surface area contributed by atoms with Gasteiger partial charge in [0.05, 0.1) is 6.07 Å². The molecule has 1 aromatic rings. The molecule has 1 atom stereocenters. The Morgan fingerprint density at radius 1 is 1.42 bits per heavy atom. The molecule has 5 nitrogen and oxygen atoms in total. The number of hydrogen-bond donors (Lipinski definition) is 0. The van der Waals surface area contributed by atoms with Crippen LogP contribution in [0, 0.1) is 11.3 Å². The minimum atomic E-state index is -4.06. The lowest BCUT2D eigenvalue weighted by atomic mass is 10.0. The predicted molar refractivity (Wildman–Crippen MR) is 70.0 cm³/mol. The largest absolute Gasteiger partial charge is 0.268 e. The zero-order chi connectivity index (χ0) is 14.4. The van der Waals surface area contributed by atoms with Crippen molar-refractivity contribution in [1.82, 2.24) is 4.31 Å². The van der Waals surface area contributed by atoms with E-state index in [2.05, 4.69) is 0 Å². The molecule has 1 heterocycles. The van der Waals surface area contributed by atoms with Crippen molar-refractivity contribution >= 4 is 27.5 Å². The van der Waals surface area contributed by atoms with Crippen molar-refractivity contribution < 1.29 is 13.2 Å². The second kappa shape index (κ2) is 4.51. The van der Waals surface area contributed by atoms with E-state index in [1.807, 2.05) is 0 Å². The molecule has 0 aliphatic carbocycles. The van der Waals surface area contributed by atoms with Gasteiger partial charge in [0.25, 0.3) is 15.9 Å². The first kappa shape index (κ1) is 13.8. The van der Waals surface area contributed by atoms with Crippen LogP contribution in [0.2, 0.25) is 5.02 Å². The molecule has 1 unspecified atom stereocenters. The maximum Gasteiger partial charge on any atom is 0.268 e. The van der Waals surface area contributed by atoms with Crippen molar-refractivity contribution in [2.45, 2.75) is 25.1 Å². The fraction of sp³-hybridized carbons (Fsp3) is 0.333. The SMILES string of the molecule is CC(C)N1C(=O)c2cccc(Cl)c2C(C#N)S1(=O)=O. The number of carbonyl (C=O) groups excluding carboxylic acids is 1. The summed E-state index contributed by atoms with van der Waals surface area (Å²) in [5.41, 5.74) is 0.246. The van der Waals surface area contributed by atoms with Gasteiger partial charge in [-0.05, 0) is 26.0 Å². The van der Waals surface area contributed by atoms with Crippen LogP contribution >= 0.6 is 11.6 Å². The number of amides is 1. The summed E-state index contributed by atoms with van der Waals surface area (Å²) in [6, 6.07) is 5.69. The molecule has 0 saturated heterocycles. The summed E-state index contributed by atoms with van der Waals surface area (Å²) in [5.74, 6) is -0.640. The third-order valence-corrected chi connectivity index (χ3v) is 5.31. The Labute approximate surface area is 116 Å². The van der Waals surface area contributed by atoms with Crippen LogP contribution in [0.1, 0.15) is 35.0 Å². The van der Waals surface area contributed by atoms with Gasteiger partial charge in [0.2, 0.25) is 0 Å². The van der Waals surface area contributed by atoms with Crippen molar-refractivity contribution in [3.05, 3.63) is 34.3 Å². The van der Waals surface area contributed by atoms with Gasteiger partial charge in [0, 0.05) is 22.2 Å². The first-order valence-electron chi connectivity index (χ1n) is 5.58. The van der Waals surface area contributed by atoms with E-state index in [-0.39, 0.29) is 16.1 Å². The minimum absolute atomic E-state index is 0.0774. The third kappa shape index (κ3) is 1.90. The number of carbonyl (C=O) groups is 1. The molecule has 0 aromatic heterocycles. The smallest absolute Gasteiger partial charge is 0.268 e. The molecule has 7 heteroatoms. The Morgan fingerprint density at radius 3 is 2.58 bits per heavy atom. The molecule has 0 bridgehead atoms. The lowest BCUT2D eigenvalue weighted by Gasteiger charge is -2.33. The van der Waals surface area contributed by atoms with Gasteiger partial charge in [-0.1, -0.05) is 17.7 Å². The van der Waals surface area contributed by atoms with E-state index in [1.165, 1.54) is 12.1 Å². The quantitative estimate of drug-likeness (QED) is 0.795. The number of fused-ring (bicyclic) bond motifs is 1. The zero-order valence-electron chi connectivity index (χ0n) is 10.3. The van der Waals surface area contributed by atoms with Gasteiger partial charge in [-0.2, -0.15) is 5.26 Å². The second-order valence-corrected chi connectivity index (χ2v) is 6.75. The fourth-order valence-electron chi connectivity index (χ4n) is 2.15. The molecule has 0 fully saturated rings. The summed E-state index contributed by atoms with van der Waals surface area (Å²) >= 11 is 5.95. The van der Waals surface area contributed by atoms with Gasteiger partial charge in [-0.3, -0.25) is 4.79 Å². The van der Waals surface area contributed by atoms with E-state index in [4.69, 9.17) is 16.9 Å². The minimum Gasteiger partial charge on any atom is -0.268 e. The molecule has 0 spiro atoms. The maximum absolute atomic E-state index is 12.3. The molecule has 1 amide bonds. The van der Waals surface area contributed by atoms with E-state index in [0.717, 1.165) is 4.31 Å². The lowest BCUT2D eigenvalue weighted by molar-refractivity contribution is 0.0828. The maximum atomic E-state index is 12.3. The Morgan fingerprint density at radius 2 is 2.05 bits per heavy atom. The van der Waals surface area contributed by atoms with Crippen LogP contribution in [-0.2, 0) is 10.0 Å². The summed E-state index contributed by atoms with van der Waals surface area (Å²) in [7, 11) is -4.06. The second-order valence-electron chi connectivity index (χ2n) is 4.45. The van der Waals surface area contributed by atoms with Crippen molar-refractivity contribution in [3.63, 3.8) is 0 Å². The first-order valence-corrected chi connectivity index (χ1v) is 7.46. The number of sulfonamides is 1. The standard InChI is InChI=1S/C12H11ClN2O3S/c1-7(2)15-12(16)8-4-3-5-9(13)11(8)10(6-14)19(15,17)18/h3-5,7,10H,1-2H3. The molecule has 1 aromatic carbocycles. The van der Waals surface area contributed by atoms with E-state index in [9.17, 15) is 13.2 Å². The third-order valence-electron chi connectivity index (χ3n) is 2.90. The van der Waals surface area contributed by atoms with Crippen LogP contribution in [-0.4, -0.2) is 24.7 Å². The van der Waals surface area contributed by atoms with Crippen LogP contribution in [0.25, 0.3) is 0 Å². The lowest BCUT2D eigenvalue weighted by Crippen LogP contribution is -2.47. The average Bonchev–Trinajstić information content (AvgIpc) is 2.29. The summed E-state index contributed by atoms with van der Waals surface area (Å²) in [6.07, 6.45) is 0. The van der Waals surface area contributed by atoms with Crippen molar-refractivity contribution in [2.75, 3.05) is 0 Å². The van der Waals surface area contributed by atoms with Crippen molar-refractivity contribution in [2.24, 2.45) is 0 Å². The summed E-state index contributed by atoms with van der Waals surface area (Å²) in [4.78, 5) is 12.3. The molecule has 19 heavy (non-hydrogen) atoms. The highest BCUT2D eigenvalue weighted by Gasteiger charge is 2.46. The van der Waals surface area contributed by atoms with E-state index in [1.54, 1.807) is 26.0 Å². The summed E-state index contributed by atoms with van der Waals surface area (Å²) in [5, 5.41) is 7.83. The average molecular weight is 299 g/mol. The highest BCUT2D eigenvalue weighted by Crippen LogP contribution is 2.39. The Bertz CT molecular complexity index is 691. The van der Waals surface area contributed by atoms with Gasteiger partial charge in [-0.15, -0.1) is 0 Å². The molecule has 2 rings (SSSR count). The number of hydrogen-bond acceptors (Lipinski definition) is 4. The molecule has 1 aliphatic heterocycles. The zero-order valence-corrected chi connectivity index (χ0v) is 11.9. The topological polar surface area (TPSA) is 78.2 Å². The molecule has 100 valence electrons. The summed E-state index contributed by atoms with van der Waals surface area (Å²) < 4.78 is 25.4. The Balaban J connectivity index is 2.83. The van der Waals surface area contributed by atoms with Crippen molar-refractivity contribution in [1.29, 1.82) is 5.26 Å². The van der Waals surface area contributed by atoms with Crippen LogP contribution < -0.4 is 0 Å². The van der Waals surface area contributed by atoms with Crippen LogP contribution in [0.5, 0.6) is 0 Å². The molecular formula is C12H11ClN2O3S. The van der Waals surface area contributed by atoms with E-state index in [0.29, 0.717) is 0 Å². The van der Waals surface area contributed by atoms with Crippen molar-refractivity contribution in [3.8, 4) is 6.07 Å². The number of nitrogens with zero attached hydrogens (tertiary/aromatic N) is 2. The molecule has 0 saturated carbocycles. The Hall–Kier alpha value is -1.58. The number of benzene rings is 1. The van der Waals surface area contributed by atoms with Crippen LogP contribution in [0.15, 0.2) is 18.2 Å². The van der Waals surface area contributed by atoms with Gasteiger partial charge in [0.1, 0.15) is 0 Å². The fourth-order valence-corrected chi connectivity index (χ4v) is 4.32. The number of rotatable bonds is 1. The van der Waals surface area contributed by atoms with Gasteiger partial charge in [-0.25, -0.2) is 12.7 Å². The summed E-state index contributed by atoms with van der Waals surface area (Å²) in [6.45, 7) is 3.17. The van der Waals surface area contributed by atoms with Gasteiger partial charge >= 0.3 is 0 Å². The molecule has 1 aliphatic rings. The first-order chi connectivity index (χ1) is 8.82. The predicted octanol–water partition coefficient (Wildman–Crippen LogP) is 2.10. The van der Waals surface area contributed by atoms with E-state index < -0.39 is 27.2 Å². The Kier molecular flexibility index (Phi) is 3.29. The number of nitriles is 1. The van der Waals surface area contributed by atoms with Crippen LogP contribution in [0.3, 0.4) is 0 Å². The molecule has 0 N–H and O–H groups in total. The highest BCUT2D eigenvalue weighted by atomic mass is 35.5.